The van der Waals surface area contributed by atoms with E-state index in [4.69, 9.17) is 4.98 Å². The first-order chi connectivity index (χ1) is 12.3. The highest BCUT2D eigenvalue weighted by Gasteiger charge is 2.17. The molecule has 0 unspecified atom stereocenters. The molecule has 1 aromatic carbocycles. The van der Waals surface area contributed by atoms with E-state index in [0.717, 1.165) is 29.8 Å². The van der Waals surface area contributed by atoms with Crippen molar-refractivity contribution in [3.63, 3.8) is 0 Å². The van der Waals surface area contributed by atoms with E-state index in [1.165, 1.54) is 44.3 Å². The second-order valence-electron chi connectivity index (χ2n) is 7.52. The van der Waals surface area contributed by atoms with Gasteiger partial charge in [-0.15, -0.1) is 0 Å². The molecule has 0 atom stereocenters. The third kappa shape index (κ3) is 3.94. The molecule has 4 nitrogen and oxygen atoms in total. The minimum Gasteiger partial charge on any atom is -0.352 e. The highest BCUT2D eigenvalue weighted by molar-refractivity contribution is 5.76. The van der Waals surface area contributed by atoms with Gasteiger partial charge in [0.15, 0.2) is 0 Å². The number of benzene rings is 1. The first-order valence-corrected chi connectivity index (χ1v) is 9.70. The molecule has 1 saturated carbocycles. The van der Waals surface area contributed by atoms with Crippen LogP contribution in [0.5, 0.6) is 0 Å². The number of nitrogens with zero attached hydrogens (tertiary/aromatic N) is 2. The van der Waals surface area contributed by atoms with Crippen molar-refractivity contribution in [3.8, 4) is 11.3 Å². The van der Waals surface area contributed by atoms with Crippen LogP contribution in [-0.4, -0.2) is 15.5 Å². The fourth-order valence-electron chi connectivity index (χ4n) is 4.16. The minimum atomic E-state index is 0.193. The van der Waals surface area contributed by atoms with Gasteiger partial charge in [-0.1, -0.05) is 37.5 Å². The molecule has 132 valence electrons. The molecule has 0 radical (unpaired) electrons. The van der Waals surface area contributed by atoms with Crippen LogP contribution in [0.4, 0.5) is 0 Å². The van der Waals surface area contributed by atoms with Crippen LogP contribution < -0.4 is 5.32 Å². The van der Waals surface area contributed by atoms with Gasteiger partial charge in [0.25, 0.3) is 0 Å². The predicted octanol–water partition coefficient (Wildman–Crippen LogP) is 4.08. The van der Waals surface area contributed by atoms with Gasteiger partial charge in [0.05, 0.1) is 5.69 Å². The number of fused-ring (bicyclic) bond motifs is 1. The topological polar surface area (TPSA) is 46.9 Å². The smallest absolute Gasteiger partial charge is 0.220 e. The van der Waals surface area contributed by atoms with Crippen LogP contribution in [0, 0.1) is 5.92 Å². The molecule has 1 aliphatic carbocycles. The van der Waals surface area contributed by atoms with Gasteiger partial charge in [-0.05, 0) is 36.8 Å². The monoisotopic (exact) mass is 337 g/mol. The van der Waals surface area contributed by atoms with Crippen molar-refractivity contribution in [1.29, 1.82) is 0 Å². The molecular weight excluding hydrogens is 310 g/mol. The molecule has 25 heavy (non-hydrogen) atoms. The van der Waals surface area contributed by atoms with Crippen LogP contribution >= 0.6 is 0 Å². The summed E-state index contributed by atoms with van der Waals surface area (Å²) in [6.07, 6.45) is 11.5. The SMILES string of the molecule is O=C(CC1CCCCC1)NCc1cccc(-c2cn3c(n2)CCC3)c1. The number of amides is 1. The minimum absolute atomic E-state index is 0.193. The molecule has 1 fully saturated rings. The molecule has 1 aromatic heterocycles. The molecule has 1 N–H and O–H groups in total. The lowest BCUT2D eigenvalue weighted by Crippen LogP contribution is -2.25. The van der Waals surface area contributed by atoms with Gasteiger partial charge >= 0.3 is 0 Å². The quantitative estimate of drug-likeness (QED) is 0.893. The number of carbonyl (C=O) groups is 1. The summed E-state index contributed by atoms with van der Waals surface area (Å²) in [6.45, 7) is 1.69. The Morgan fingerprint density at radius 3 is 2.92 bits per heavy atom. The summed E-state index contributed by atoms with van der Waals surface area (Å²) in [7, 11) is 0. The van der Waals surface area contributed by atoms with Gasteiger partial charge in [-0.3, -0.25) is 4.79 Å². The number of hydrogen-bond acceptors (Lipinski definition) is 2. The number of nitrogens with one attached hydrogen (secondary N) is 1. The summed E-state index contributed by atoms with van der Waals surface area (Å²) in [6, 6.07) is 8.39. The Kier molecular flexibility index (Phi) is 4.86. The molecule has 4 heteroatoms. The zero-order chi connectivity index (χ0) is 17.1. The van der Waals surface area contributed by atoms with Crippen LogP contribution in [0.2, 0.25) is 0 Å². The van der Waals surface area contributed by atoms with Crippen LogP contribution in [0.15, 0.2) is 30.5 Å². The Hall–Kier alpha value is -2.10. The van der Waals surface area contributed by atoms with E-state index in [1.54, 1.807) is 0 Å². The van der Waals surface area contributed by atoms with E-state index in [-0.39, 0.29) is 5.91 Å². The maximum atomic E-state index is 12.2. The van der Waals surface area contributed by atoms with Crippen molar-refractivity contribution in [3.05, 3.63) is 41.9 Å². The number of carbonyl (C=O) groups excluding carboxylic acids is 1. The summed E-state index contributed by atoms with van der Waals surface area (Å²) in [5, 5.41) is 3.10. The van der Waals surface area contributed by atoms with E-state index in [9.17, 15) is 4.79 Å². The van der Waals surface area contributed by atoms with Gasteiger partial charge in [0, 0.05) is 37.7 Å². The van der Waals surface area contributed by atoms with Gasteiger partial charge in [-0.25, -0.2) is 4.98 Å². The molecule has 1 aliphatic heterocycles. The third-order valence-electron chi connectivity index (χ3n) is 5.57. The normalized spacial score (nSPS) is 17.4. The average molecular weight is 337 g/mol. The van der Waals surface area contributed by atoms with Gasteiger partial charge in [-0.2, -0.15) is 0 Å². The lowest BCUT2D eigenvalue weighted by Gasteiger charge is -2.20. The summed E-state index contributed by atoms with van der Waals surface area (Å²) in [5.41, 5.74) is 3.33. The van der Waals surface area contributed by atoms with Gasteiger partial charge in [0.2, 0.25) is 5.91 Å². The second kappa shape index (κ2) is 7.42. The largest absolute Gasteiger partial charge is 0.352 e. The van der Waals surface area contributed by atoms with Crippen molar-refractivity contribution in [2.75, 3.05) is 0 Å². The molecule has 0 saturated heterocycles. The number of aryl methyl sites for hydroxylation is 2. The molecule has 0 bridgehead atoms. The summed E-state index contributed by atoms with van der Waals surface area (Å²) >= 11 is 0. The van der Waals surface area contributed by atoms with Gasteiger partial charge < -0.3 is 9.88 Å². The molecule has 2 aromatic rings. The number of rotatable bonds is 5. The van der Waals surface area contributed by atoms with Crippen LogP contribution in [-0.2, 0) is 24.3 Å². The predicted molar refractivity (Wildman–Crippen MR) is 99.0 cm³/mol. The van der Waals surface area contributed by atoms with E-state index in [0.29, 0.717) is 18.9 Å². The van der Waals surface area contributed by atoms with Crippen molar-refractivity contribution >= 4 is 5.91 Å². The van der Waals surface area contributed by atoms with Crippen LogP contribution in [0.3, 0.4) is 0 Å². The average Bonchev–Trinajstić information content (AvgIpc) is 3.23. The summed E-state index contributed by atoms with van der Waals surface area (Å²) in [5.74, 6) is 1.98. The van der Waals surface area contributed by atoms with E-state index < -0.39 is 0 Å². The number of aromatic nitrogens is 2. The third-order valence-corrected chi connectivity index (χ3v) is 5.57. The molecule has 2 heterocycles. The Morgan fingerprint density at radius 1 is 1.20 bits per heavy atom. The van der Waals surface area contributed by atoms with Crippen molar-refractivity contribution < 1.29 is 4.79 Å². The van der Waals surface area contributed by atoms with Crippen molar-refractivity contribution in [1.82, 2.24) is 14.9 Å². The molecule has 1 amide bonds. The molecule has 4 rings (SSSR count). The Labute approximate surface area is 149 Å². The number of hydrogen-bond donors (Lipinski definition) is 1. The number of imidazole rings is 1. The fraction of sp³-hybridized carbons (Fsp3) is 0.524. The second-order valence-corrected chi connectivity index (χ2v) is 7.52. The van der Waals surface area contributed by atoms with E-state index in [1.807, 2.05) is 0 Å². The van der Waals surface area contributed by atoms with Crippen molar-refractivity contribution in [2.24, 2.45) is 5.92 Å². The Bertz CT molecular complexity index is 722. The van der Waals surface area contributed by atoms with E-state index >= 15 is 0 Å². The zero-order valence-corrected chi connectivity index (χ0v) is 14.8. The van der Waals surface area contributed by atoms with Gasteiger partial charge in [0.1, 0.15) is 5.82 Å². The lowest BCUT2D eigenvalue weighted by molar-refractivity contribution is -0.122. The first-order valence-electron chi connectivity index (χ1n) is 9.70. The zero-order valence-electron chi connectivity index (χ0n) is 14.8. The molecular formula is C21H27N3O. The summed E-state index contributed by atoms with van der Waals surface area (Å²) < 4.78 is 2.26. The van der Waals surface area contributed by atoms with Crippen LogP contribution in [0.1, 0.15) is 56.3 Å². The van der Waals surface area contributed by atoms with Crippen LogP contribution in [0.25, 0.3) is 11.3 Å². The Balaban J connectivity index is 1.35. The fourth-order valence-corrected chi connectivity index (χ4v) is 4.16. The summed E-state index contributed by atoms with van der Waals surface area (Å²) in [4.78, 5) is 17.0. The Morgan fingerprint density at radius 2 is 2.08 bits per heavy atom. The maximum Gasteiger partial charge on any atom is 0.220 e. The highest BCUT2D eigenvalue weighted by Crippen LogP contribution is 2.26. The first kappa shape index (κ1) is 16.4. The maximum absolute atomic E-state index is 12.2. The lowest BCUT2D eigenvalue weighted by atomic mass is 9.87. The highest BCUT2D eigenvalue weighted by atomic mass is 16.1. The standard InChI is InChI=1S/C21H27N3O/c25-21(13-16-6-2-1-3-7-16)22-14-17-8-4-9-18(12-17)19-15-24-11-5-10-20(24)23-19/h4,8-9,12,15-16H,1-3,5-7,10-11,13-14H2,(H,22,25). The van der Waals surface area contributed by atoms with Crippen molar-refractivity contribution in [2.45, 2.75) is 64.5 Å². The molecule has 0 spiro atoms. The van der Waals surface area contributed by atoms with E-state index in [2.05, 4.69) is 40.3 Å². The molecule has 2 aliphatic rings.